The second kappa shape index (κ2) is 9.05. The zero-order valence-electron chi connectivity index (χ0n) is 20.6. The molecule has 3 heterocycles. The maximum atomic E-state index is 12.8. The maximum Gasteiger partial charge on any atom is 0.254 e. The summed E-state index contributed by atoms with van der Waals surface area (Å²) in [5.41, 5.74) is 11.6. The number of hydrogen-bond donors (Lipinski definition) is 3. The Labute approximate surface area is 205 Å². The van der Waals surface area contributed by atoms with Crippen LogP contribution in [-0.2, 0) is 13.0 Å². The monoisotopic (exact) mass is 475 g/mol. The van der Waals surface area contributed by atoms with Gasteiger partial charge in [-0.1, -0.05) is 0 Å². The first-order valence-corrected chi connectivity index (χ1v) is 12.2. The molecule has 35 heavy (non-hydrogen) atoms. The Morgan fingerprint density at radius 1 is 1.26 bits per heavy atom. The quantitative estimate of drug-likeness (QED) is 0.530. The van der Waals surface area contributed by atoms with E-state index in [1.807, 2.05) is 6.92 Å². The van der Waals surface area contributed by atoms with E-state index in [0.717, 1.165) is 37.9 Å². The van der Waals surface area contributed by atoms with Gasteiger partial charge in [-0.15, -0.1) is 0 Å². The number of aromatic nitrogens is 4. The van der Waals surface area contributed by atoms with Crippen LogP contribution in [0.3, 0.4) is 0 Å². The third kappa shape index (κ3) is 4.92. The van der Waals surface area contributed by atoms with Crippen LogP contribution in [0.1, 0.15) is 59.7 Å². The van der Waals surface area contributed by atoms with Gasteiger partial charge in [0.2, 0.25) is 0 Å². The maximum absolute atomic E-state index is 12.8. The number of benzene rings is 1. The summed E-state index contributed by atoms with van der Waals surface area (Å²) >= 11 is 0. The third-order valence-electron chi connectivity index (χ3n) is 7.29. The topological polar surface area (TPSA) is 122 Å². The minimum atomic E-state index is -0.639. The van der Waals surface area contributed by atoms with Crippen LogP contribution in [0.25, 0.3) is 17.1 Å². The smallest absolute Gasteiger partial charge is 0.254 e. The lowest BCUT2D eigenvalue weighted by Gasteiger charge is -2.33. The summed E-state index contributed by atoms with van der Waals surface area (Å²) in [6, 6.07) is 4.38. The van der Waals surface area contributed by atoms with Crippen molar-refractivity contribution in [2.75, 3.05) is 19.3 Å². The number of carbonyl (C=O) groups excluding carboxylic acids is 1. The molecule has 4 N–H and O–H groups in total. The van der Waals surface area contributed by atoms with Crippen molar-refractivity contribution in [1.29, 1.82) is 0 Å². The number of anilines is 1. The highest BCUT2D eigenvalue weighted by atomic mass is 16.3. The van der Waals surface area contributed by atoms with Crippen molar-refractivity contribution in [1.82, 2.24) is 30.0 Å². The molecule has 9 nitrogen and oxygen atoms in total. The number of fused-ring (bicyclic) bond motifs is 1. The number of nitrogens with zero attached hydrogens (tertiary/aromatic N) is 5. The number of likely N-dealkylation sites (N-methyl/N-ethyl adjacent to an activating group) is 1. The molecule has 1 amide bonds. The van der Waals surface area contributed by atoms with Crippen LogP contribution >= 0.6 is 0 Å². The molecule has 0 saturated heterocycles. The minimum absolute atomic E-state index is 0.0468. The Morgan fingerprint density at radius 3 is 2.80 bits per heavy atom. The average molecular weight is 476 g/mol. The molecule has 1 fully saturated rings. The summed E-state index contributed by atoms with van der Waals surface area (Å²) in [7, 11) is 2.13. The number of amides is 1. The van der Waals surface area contributed by atoms with Gasteiger partial charge in [-0.05, 0) is 81.8 Å². The number of nitrogens with one attached hydrogen (secondary N) is 1. The molecule has 0 atom stereocenters. The molecule has 1 aliphatic heterocycles. The van der Waals surface area contributed by atoms with E-state index in [1.165, 1.54) is 27.6 Å². The summed E-state index contributed by atoms with van der Waals surface area (Å²) in [5.74, 6) is 0.440. The van der Waals surface area contributed by atoms with E-state index in [9.17, 15) is 9.90 Å². The number of aryl methyl sites for hydroxylation is 1. The molecule has 2 aromatic heterocycles. The van der Waals surface area contributed by atoms with Gasteiger partial charge in [0.15, 0.2) is 11.6 Å². The van der Waals surface area contributed by atoms with E-state index in [1.54, 1.807) is 12.4 Å². The number of nitrogen functional groups attached to an aromatic ring is 1. The molecule has 0 bridgehead atoms. The lowest BCUT2D eigenvalue weighted by Crippen LogP contribution is -2.42. The zero-order chi connectivity index (χ0) is 24.7. The molecule has 3 aromatic rings. The van der Waals surface area contributed by atoms with E-state index < -0.39 is 5.60 Å². The molecule has 2 aliphatic rings. The molecule has 0 radical (unpaired) electrons. The van der Waals surface area contributed by atoms with Crippen molar-refractivity contribution in [2.24, 2.45) is 0 Å². The number of rotatable bonds is 4. The van der Waals surface area contributed by atoms with Gasteiger partial charge < -0.3 is 21.1 Å². The Kier molecular flexibility index (Phi) is 6.06. The number of nitrogens with two attached hydrogens (primary N) is 1. The Morgan fingerprint density at radius 2 is 2.03 bits per heavy atom. The second-order valence-corrected chi connectivity index (χ2v) is 10.3. The molecule has 184 valence electrons. The van der Waals surface area contributed by atoms with E-state index >= 15 is 0 Å². The van der Waals surface area contributed by atoms with Crippen LogP contribution in [-0.4, -0.2) is 60.9 Å². The summed E-state index contributed by atoms with van der Waals surface area (Å²) in [6.45, 7) is 5.97. The Bertz CT molecular complexity index is 1260. The highest BCUT2D eigenvalue weighted by Crippen LogP contribution is 2.30. The zero-order valence-corrected chi connectivity index (χ0v) is 20.6. The molecule has 0 spiro atoms. The van der Waals surface area contributed by atoms with Crippen LogP contribution in [0, 0.1) is 6.92 Å². The summed E-state index contributed by atoms with van der Waals surface area (Å²) in [5, 5.41) is 17.5. The van der Waals surface area contributed by atoms with Gasteiger partial charge in [0.25, 0.3) is 5.91 Å². The van der Waals surface area contributed by atoms with Crippen molar-refractivity contribution in [2.45, 2.75) is 64.1 Å². The molecule has 0 unspecified atom stereocenters. The van der Waals surface area contributed by atoms with Crippen molar-refractivity contribution < 1.29 is 9.90 Å². The highest BCUT2D eigenvalue weighted by Gasteiger charge is 2.29. The molecule has 1 saturated carbocycles. The van der Waals surface area contributed by atoms with Gasteiger partial charge in [-0.3, -0.25) is 4.79 Å². The fourth-order valence-corrected chi connectivity index (χ4v) is 5.11. The van der Waals surface area contributed by atoms with Crippen LogP contribution < -0.4 is 11.1 Å². The van der Waals surface area contributed by atoms with Crippen LogP contribution in [0.2, 0.25) is 0 Å². The van der Waals surface area contributed by atoms with Crippen molar-refractivity contribution >= 4 is 11.7 Å². The predicted octanol–water partition coefficient (Wildman–Crippen LogP) is 2.63. The lowest BCUT2D eigenvalue weighted by molar-refractivity contribution is 0.0140. The number of carbonyl (C=O) groups is 1. The fraction of sp³-hybridized carbons (Fsp3) is 0.462. The SMILES string of the molecule is Cc1cc(-c2cnc(N)c(-n3cc(C(=O)NC4CCC(C)(O)CC4)cn3)n2)cc2c1CCN(C)C2. The van der Waals surface area contributed by atoms with Gasteiger partial charge >= 0.3 is 0 Å². The molecule has 5 rings (SSSR count). The standard InChI is InChI=1S/C26H33N7O2/c1-16-10-17(11-18-14-32(3)9-6-21(16)18)22-13-28-23(27)24(31-22)33-15-19(12-29-33)25(34)30-20-4-7-26(2,35)8-5-20/h10-13,15,20,35H,4-9,14H2,1-3H3,(H2,27,28)(H,30,34). The third-order valence-corrected chi connectivity index (χ3v) is 7.29. The number of aliphatic hydroxyl groups is 1. The van der Waals surface area contributed by atoms with Crippen molar-refractivity contribution in [3.8, 4) is 17.1 Å². The Balaban J connectivity index is 1.37. The summed E-state index contributed by atoms with van der Waals surface area (Å²) in [6.07, 6.45) is 8.74. The van der Waals surface area contributed by atoms with E-state index in [4.69, 9.17) is 10.7 Å². The van der Waals surface area contributed by atoms with Crippen molar-refractivity contribution in [3.05, 3.63) is 53.0 Å². The predicted molar refractivity (Wildman–Crippen MR) is 134 cm³/mol. The molecule has 1 aromatic carbocycles. The largest absolute Gasteiger partial charge is 0.390 e. The van der Waals surface area contributed by atoms with Gasteiger partial charge in [0.1, 0.15) is 0 Å². The molecule has 9 heteroatoms. The minimum Gasteiger partial charge on any atom is -0.390 e. The van der Waals surface area contributed by atoms with Crippen molar-refractivity contribution in [3.63, 3.8) is 0 Å². The van der Waals surface area contributed by atoms with Gasteiger partial charge in [-0.25, -0.2) is 14.6 Å². The number of hydrogen-bond acceptors (Lipinski definition) is 7. The second-order valence-electron chi connectivity index (χ2n) is 10.3. The van der Waals surface area contributed by atoms with E-state index in [2.05, 4.69) is 46.4 Å². The lowest BCUT2D eigenvalue weighted by atomic mass is 9.83. The van der Waals surface area contributed by atoms with E-state index in [-0.39, 0.29) is 17.8 Å². The highest BCUT2D eigenvalue weighted by molar-refractivity contribution is 5.94. The Hall–Kier alpha value is -3.30. The molecular weight excluding hydrogens is 442 g/mol. The van der Waals surface area contributed by atoms with Crippen LogP contribution in [0.15, 0.2) is 30.7 Å². The average Bonchev–Trinajstić information content (AvgIpc) is 3.30. The summed E-state index contributed by atoms with van der Waals surface area (Å²) < 4.78 is 1.51. The van der Waals surface area contributed by atoms with Crippen LogP contribution in [0.5, 0.6) is 0 Å². The van der Waals surface area contributed by atoms with Gasteiger partial charge in [0, 0.05) is 30.9 Å². The van der Waals surface area contributed by atoms with Gasteiger partial charge in [0.05, 0.1) is 29.3 Å². The summed E-state index contributed by atoms with van der Waals surface area (Å²) in [4.78, 5) is 24.2. The first kappa shape index (κ1) is 23.4. The normalized spacial score (nSPS) is 22.6. The van der Waals surface area contributed by atoms with E-state index in [0.29, 0.717) is 29.9 Å². The first-order valence-electron chi connectivity index (χ1n) is 12.2. The fourth-order valence-electron chi connectivity index (χ4n) is 5.11. The van der Waals surface area contributed by atoms with Crippen LogP contribution in [0.4, 0.5) is 5.82 Å². The first-order chi connectivity index (χ1) is 16.7. The molecular formula is C26H33N7O2. The molecule has 1 aliphatic carbocycles. The van der Waals surface area contributed by atoms with Gasteiger partial charge in [-0.2, -0.15) is 5.10 Å².